The van der Waals surface area contributed by atoms with Crippen molar-refractivity contribution in [1.82, 2.24) is 0 Å². The molecule has 0 spiro atoms. The van der Waals surface area contributed by atoms with Gasteiger partial charge in [0.2, 0.25) is 0 Å². The molecule has 0 fully saturated rings. The van der Waals surface area contributed by atoms with Gasteiger partial charge in [-0.3, -0.25) is 24.5 Å². The highest BCUT2D eigenvalue weighted by molar-refractivity contribution is 6.40. The number of hydrogen-bond donors (Lipinski definition) is 1. The van der Waals surface area contributed by atoms with Crippen LogP contribution in [0.5, 0.6) is 0 Å². The molecular formula is C27H19NO6. The lowest BCUT2D eigenvalue weighted by Crippen LogP contribution is -2.50. The van der Waals surface area contributed by atoms with Crippen molar-refractivity contribution >= 4 is 34.9 Å². The highest BCUT2D eigenvalue weighted by Crippen LogP contribution is 2.49. The zero-order chi connectivity index (χ0) is 24.0. The number of ketones is 4. The molecule has 0 aliphatic heterocycles. The monoisotopic (exact) mass is 453 g/mol. The van der Waals surface area contributed by atoms with Gasteiger partial charge in [0, 0.05) is 27.9 Å². The number of rotatable bonds is 4. The van der Waals surface area contributed by atoms with Crippen LogP contribution in [0.4, 0.5) is 10.5 Å². The molecule has 168 valence electrons. The molecule has 3 aromatic carbocycles. The summed E-state index contributed by atoms with van der Waals surface area (Å²) in [6.07, 6.45) is -0.651. The van der Waals surface area contributed by atoms with E-state index in [0.29, 0.717) is 5.69 Å². The predicted octanol–water partition coefficient (Wildman–Crippen LogP) is 4.27. The van der Waals surface area contributed by atoms with Crippen LogP contribution in [0.2, 0.25) is 0 Å². The second kappa shape index (κ2) is 7.88. The fraction of sp³-hybridized carbons (Fsp3) is 0.148. The molecule has 0 heterocycles. The van der Waals surface area contributed by atoms with Crippen LogP contribution in [0.25, 0.3) is 0 Å². The van der Waals surface area contributed by atoms with Crippen molar-refractivity contribution in [3.05, 3.63) is 101 Å². The molecule has 2 aliphatic rings. The summed E-state index contributed by atoms with van der Waals surface area (Å²) in [6, 6.07) is 18.7. The minimum absolute atomic E-state index is 0.179. The van der Waals surface area contributed by atoms with Crippen molar-refractivity contribution in [3.8, 4) is 0 Å². The molecule has 5 rings (SSSR count). The van der Waals surface area contributed by atoms with E-state index in [2.05, 4.69) is 5.32 Å². The van der Waals surface area contributed by atoms with Crippen molar-refractivity contribution in [1.29, 1.82) is 0 Å². The van der Waals surface area contributed by atoms with E-state index in [-0.39, 0.29) is 34.4 Å². The second-order valence-corrected chi connectivity index (χ2v) is 8.14. The summed E-state index contributed by atoms with van der Waals surface area (Å²) in [5.41, 5.74) is -0.675. The van der Waals surface area contributed by atoms with Crippen LogP contribution in [0.3, 0.4) is 0 Å². The quantitative estimate of drug-likeness (QED) is 0.592. The van der Waals surface area contributed by atoms with Gasteiger partial charge in [-0.05, 0) is 24.6 Å². The third kappa shape index (κ3) is 2.86. The van der Waals surface area contributed by atoms with Gasteiger partial charge in [-0.15, -0.1) is 0 Å². The zero-order valence-electron chi connectivity index (χ0n) is 18.2. The number of hydrogen-bond acceptors (Lipinski definition) is 6. The molecule has 0 saturated carbocycles. The molecule has 0 bridgehead atoms. The maximum atomic E-state index is 13.9. The Bertz CT molecular complexity index is 1320. The molecule has 2 aliphatic carbocycles. The van der Waals surface area contributed by atoms with Crippen molar-refractivity contribution in [2.24, 2.45) is 5.92 Å². The van der Waals surface area contributed by atoms with Crippen molar-refractivity contribution in [2.45, 2.75) is 12.3 Å². The Labute approximate surface area is 194 Å². The van der Waals surface area contributed by atoms with Crippen LogP contribution in [-0.2, 0) is 10.2 Å². The highest BCUT2D eigenvalue weighted by atomic mass is 16.5. The number of nitrogens with one attached hydrogen (secondary N) is 1. The van der Waals surface area contributed by atoms with E-state index in [4.69, 9.17) is 4.74 Å². The first-order valence-electron chi connectivity index (χ1n) is 10.8. The number of ether oxygens (including phenoxy) is 1. The second-order valence-electron chi connectivity index (χ2n) is 8.14. The van der Waals surface area contributed by atoms with Gasteiger partial charge in [0.25, 0.3) is 0 Å². The first-order chi connectivity index (χ1) is 16.4. The molecule has 34 heavy (non-hydrogen) atoms. The van der Waals surface area contributed by atoms with Crippen LogP contribution >= 0.6 is 0 Å². The largest absolute Gasteiger partial charge is 0.450 e. The van der Waals surface area contributed by atoms with E-state index >= 15 is 0 Å². The number of benzene rings is 3. The van der Waals surface area contributed by atoms with Gasteiger partial charge in [0.15, 0.2) is 23.1 Å². The van der Waals surface area contributed by atoms with Crippen molar-refractivity contribution in [2.75, 3.05) is 11.9 Å². The van der Waals surface area contributed by atoms with Gasteiger partial charge in [-0.25, -0.2) is 4.79 Å². The van der Waals surface area contributed by atoms with Gasteiger partial charge in [-0.2, -0.15) is 0 Å². The van der Waals surface area contributed by atoms with Gasteiger partial charge in [0.05, 0.1) is 6.61 Å². The van der Waals surface area contributed by atoms with Crippen LogP contribution in [0, 0.1) is 5.92 Å². The van der Waals surface area contributed by atoms with Crippen molar-refractivity contribution < 1.29 is 28.7 Å². The summed E-state index contributed by atoms with van der Waals surface area (Å²) < 4.78 is 4.87. The van der Waals surface area contributed by atoms with Gasteiger partial charge in [-0.1, -0.05) is 60.7 Å². The Hall–Kier alpha value is -4.39. The molecule has 1 N–H and O–H groups in total. The Morgan fingerprint density at radius 2 is 1.24 bits per heavy atom. The summed E-state index contributed by atoms with van der Waals surface area (Å²) >= 11 is 0. The van der Waals surface area contributed by atoms with E-state index in [1.807, 2.05) is 0 Å². The topological polar surface area (TPSA) is 107 Å². The van der Waals surface area contributed by atoms with E-state index in [1.165, 1.54) is 48.5 Å². The molecule has 0 atom stereocenters. The van der Waals surface area contributed by atoms with Crippen molar-refractivity contribution in [3.63, 3.8) is 0 Å². The molecular weight excluding hydrogens is 434 g/mol. The van der Waals surface area contributed by atoms with Gasteiger partial charge in [0.1, 0.15) is 11.3 Å². The van der Waals surface area contributed by atoms with E-state index < -0.39 is 40.6 Å². The zero-order valence-corrected chi connectivity index (χ0v) is 18.2. The number of Topliss-reactive ketones (excluding diaryl/α,β-unsaturated/α-hetero) is 4. The van der Waals surface area contributed by atoms with Crippen LogP contribution < -0.4 is 5.32 Å². The van der Waals surface area contributed by atoms with Crippen LogP contribution in [0.15, 0.2) is 72.8 Å². The maximum Gasteiger partial charge on any atom is 0.411 e. The van der Waals surface area contributed by atoms with E-state index in [1.54, 1.807) is 31.2 Å². The summed E-state index contributed by atoms with van der Waals surface area (Å²) in [6.45, 7) is 1.87. The van der Waals surface area contributed by atoms with E-state index in [0.717, 1.165) is 0 Å². The van der Waals surface area contributed by atoms with Crippen LogP contribution in [0.1, 0.15) is 53.9 Å². The van der Waals surface area contributed by atoms with Gasteiger partial charge < -0.3 is 4.74 Å². The lowest BCUT2D eigenvalue weighted by Gasteiger charge is -2.31. The average Bonchev–Trinajstić information content (AvgIpc) is 3.23. The minimum Gasteiger partial charge on any atom is -0.450 e. The molecule has 0 aromatic heterocycles. The summed E-state index contributed by atoms with van der Waals surface area (Å²) in [4.78, 5) is 66.5. The first kappa shape index (κ1) is 21.5. The number of fused-ring (bicyclic) bond motifs is 2. The Balaban J connectivity index is 1.68. The molecule has 0 saturated heterocycles. The average molecular weight is 453 g/mol. The lowest BCUT2D eigenvalue weighted by molar-refractivity contribution is 0.0612. The minimum atomic E-state index is -2.03. The summed E-state index contributed by atoms with van der Waals surface area (Å²) in [7, 11) is 0. The van der Waals surface area contributed by atoms with Gasteiger partial charge >= 0.3 is 6.09 Å². The molecule has 3 aromatic rings. The smallest absolute Gasteiger partial charge is 0.411 e. The lowest BCUT2D eigenvalue weighted by atomic mass is 9.64. The molecule has 7 heteroatoms. The standard InChI is InChI=1S/C27H19NO6/c1-2-34-26(33)28-16-13-11-15(12-14-16)27(24(31)19-9-5-6-10-20(19)25(27)32)21-22(29)17-7-3-4-8-18(17)23(21)30/h3-14,21H,2H2,1H3,(H,28,33). The molecule has 1 amide bonds. The molecule has 0 unspecified atom stereocenters. The van der Waals surface area contributed by atoms with Crippen LogP contribution in [-0.4, -0.2) is 35.8 Å². The summed E-state index contributed by atoms with van der Waals surface area (Å²) in [5.74, 6) is -3.79. The number of amides is 1. The number of anilines is 1. The Kier molecular flexibility index (Phi) is 4.97. The molecule has 0 radical (unpaired) electrons. The summed E-state index contributed by atoms with van der Waals surface area (Å²) in [5, 5.41) is 2.55. The molecule has 7 nitrogen and oxygen atoms in total. The maximum absolute atomic E-state index is 13.9. The normalized spacial score (nSPS) is 16.4. The Morgan fingerprint density at radius 3 is 1.71 bits per heavy atom. The fourth-order valence-corrected chi connectivity index (χ4v) is 4.94. The highest BCUT2D eigenvalue weighted by Gasteiger charge is 2.65. The third-order valence-electron chi connectivity index (χ3n) is 6.41. The predicted molar refractivity (Wildman–Crippen MR) is 122 cm³/mol. The fourth-order valence-electron chi connectivity index (χ4n) is 4.94. The Morgan fingerprint density at radius 1 is 0.765 bits per heavy atom. The number of carbonyl (C=O) groups excluding carboxylic acids is 5. The van der Waals surface area contributed by atoms with E-state index in [9.17, 15) is 24.0 Å². The third-order valence-corrected chi connectivity index (χ3v) is 6.41. The first-order valence-corrected chi connectivity index (χ1v) is 10.8. The SMILES string of the molecule is CCOC(=O)Nc1ccc(C2(C3C(=O)c4ccccc4C3=O)C(=O)c3ccccc3C2=O)cc1. The number of carbonyl (C=O) groups is 5.